The van der Waals surface area contributed by atoms with Crippen LogP contribution in [-0.4, -0.2) is 4.98 Å². The van der Waals surface area contributed by atoms with Crippen LogP contribution in [0.3, 0.4) is 0 Å². The summed E-state index contributed by atoms with van der Waals surface area (Å²) in [7, 11) is 0. The summed E-state index contributed by atoms with van der Waals surface area (Å²) in [5.74, 6) is 0.584. The van der Waals surface area contributed by atoms with Crippen molar-refractivity contribution in [1.82, 2.24) is 4.98 Å². The highest BCUT2D eigenvalue weighted by Crippen LogP contribution is 2.12. The molecule has 0 radical (unpaired) electrons. The predicted octanol–water partition coefficient (Wildman–Crippen LogP) is 2.56. The van der Waals surface area contributed by atoms with Crippen LogP contribution in [0.1, 0.15) is 16.8 Å². The number of nitrogens with two attached hydrogens (primary N) is 1. The molecule has 2 rings (SSSR count). The minimum absolute atomic E-state index is 0.584. The van der Waals surface area contributed by atoms with E-state index in [1.54, 1.807) is 6.07 Å². The largest absolute Gasteiger partial charge is 0.384 e. The zero-order chi connectivity index (χ0) is 10.7. The van der Waals surface area contributed by atoms with E-state index in [4.69, 9.17) is 5.73 Å². The Kier molecular flexibility index (Phi) is 2.68. The third kappa shape index (κ3) is 2.34. The molecule has 2 aromatic rings. The van der Waals surface area contributed by atoms with E-state index in [0.717, 1.165) is 12.1 Å². The van der Waals surface area contributed by atoms with Crippen LogP contribution in [0.4, 0.5) is 5.82 Å². The summed E-state index contributed by atoms with van der Waals surface area (Å²) in [4.78, 5) is 4.29. The van der Waals surface area contributed by atoms with Gasteiger partial charge < -0.3 is 5.73 Å². The van der Waals surface area contributed by atoms with Gasteiger partial charge in [-0.05, 0) is 30.2 Å². The van der Waals surface area contributed by atoms with E-state index in [1.165, 1.54) is 11.1 Å². The molecular formula is C13H14N2. The van der Waals surface area contributed by atoms with Crippen LogP contribution in [0.5, 0.6) is 0 Å². The predicted molar refractivity (Wildman–Crippen MR) is 62.6 cm³/mol. The third-order valence-electron chi connectivity index (χ3n) is 2.46. The first-order valence-corrected chi connectivity index (χ1v) is 5.01. The molecule has 0 aliphatic heterocycles. The first-order valence-electron chi connectivity index (χ1n) is 5.01. The number of anilines is 1. The zero-order valence-electron chi connectivity index (χ0n) is 8.77. The maximum absolute atomic E-state index is 5.64. The Morgan fingerprint density at radius 1 is 1.07 bits per heavy atom. The molecule has 2 nitrogen and oxygen atoms in total. The molecule has 0 bridgehead atoms. The summed E-state index contributed by atoms with van der Waals surface area (Å²) in [6.45, 7) is 2.11. The highest BCUT2D eigenvalue weighted by Gasteiger charge is 2.00. The highest BCUT2D eigenvalue weighted by molar-refractivity contribution is 5.33. The van der Waals surface area contributed by atoms with Crippen molar-refractivity contribution >= 4 is 5.82 Å². The van der Waals surface area contributed by atoms with Crippen molar-refractivity contribution in [2.45, 2.75) is 13.3 Å². The van der Waals surface area contributed by atoms with E-state index in [0.29, 0.717) is 5.82 Å². The SMILES string of the molecule is Cc1ccccc1Cc1cccc(N)n1. The van der Waals surface area contributed by atoms with Crippen molar-refractivity contribution in [3.8, 4) is 0 Å². The Balaban J connectivity index is 2.26. The first-order chi connectivity index (χ1) is 7.25. The van der Waals surface area contributed by atoms with Gasteiger partial charge in [-0.15, -0.1) is 0 Å². The van der Waals surface area contributed by atoms with Gasteiger partial charge >= 0.3 is 0 Å². The second kappa shape index (κ2) is 4.13. The molecule has 0 saturated heterocycles. The molecule has 2 heteroatoms. The van der Waals surface area contributed by atoms with Crippen molar-refractivity contribution in [2.75, 3.05) is 5.73 Å². The highest BCUT2D eigenvalue weighted by atomic mass is 14.8. The van der Waals surface area contributed by atoms with Crippen molar-refractivity contribution in [3.05, 3.63) is 59.3 Å². The lowest BCUT2D eigenvalue weighted by molar-refractivity contribution is 1.06. The minimum atomic E-state index is 0.584. The zero-order valence-corrected chi connectivity index (χ0v) is 8.77. The van der Waals surface area contributed by atoms with Gasteiger partial charge in [0.1, 0.15) is 5.82 Å². The Hall–Kier alpha value is -1.83. The Bertz CT molecular complexity index is 464. The monoisotopic (exact) mass is 198 g/mol. The second-order valence-electron chi connectivity index (χ2n) is 3.66. The fraction of sp³-hybridized carbons (Fsp3) is 0.154. The normalized spacial score (nSPS) is 10.2. The van der Waals surface area contributed by atoms with E-state index < -0.39 is 0 Å². The average Bonchev–Trinajstić information content (AvgIpc) is 2.22. The molecule has 0 spiro atoms. The fourth-order valence-electron chi connectivity index (χ4n) is 1.60. The molecule has 1 aromatic carbocycles. The number of nitrogen functional groups attached to an aromatic ring is 1. The van der Waals surface area contributed by atoms with Gasteiger partial charge in [0, 0.05) is 12.1 Å². The molecule has 1 aromatic heterocycles. The molecule has 0 fully saturated rings. The van der Waals surface area contributed by atoms with Crippen LogP contribution in [0.15, 0.2) is 42.5 Å². The van der Waals surface area contributed by atoms with Crippen molar-refractivity contribution in [2.24, 2.45) is 0 Å². The first kappa shape index (κ1) is 9.71. The number of hydrogen-bond acceptors (Lipinski definition) is 2. The van der Waals surface area contributed by atoms with E-state index in [2.05, 4.69) is 30.1 Å². The van der Waals surface area contributed by atoms with Crippen LogP contribution >= 0.6 is 0 Å². The number of nitrogens with zero attached hydrogens (tertiary/aromatic N) is 1. The number of pyridine rings is 1. The summed E-state index contributed by atoms with van der Waals surface area (Å²) in [5.41, 5.74) is 9.25. The minimum Gasteiger partial charge on any atom is -0.384 e. The molecule has 0 aliphatic carbocycles. The van der Waals surface area contributed by atoms with Crippen LogP contribution in [-0.2, 0) is 6.42 Å². The van der Waals surface area contributed by atoms with E-state index in [-0.39, 0.29) is 0 Å². The maximum atomic E-state index is 5.64. The van der Waals surface area contributed by atoms with Crippen LogP contribution in [0.25, 0.3) is 0 Å². The number of benzene rings is 1. The molecule has 15 heavy (non-hydrogen) atoms. The maximum Gasteiger partial charge on any atom is 0.123 e. The van der Waals surface area contributed by atoms with Crippen molar-refractivity contribution in [1.29, 1.82) is 0 Å². The topological polar surface area (TPSA) is 38.9 Å². The van der Waals surface area contributed by atoms with Gasteiger partial charge in [-0.3, -0.25) is 0 Å². The third-order valence-corrected chi connectivity index (χ3v) is 2.46. The van der Waals surface area contributed by atoms with Gasteiger partial charge in [0.2, 0.25) is 0 Å². The van der Waals surface area contributed by atoms with Gasteiger partial charge in [-0.2, -0.15) is 0 Å². The summed E-state index contributed by atoms with van der Waals surface area (Å²) >= 11 is 0. The van der Waals surface area contributed by atoms with Gasteiger partial charge in [0.25, 0.3) is 0 Å². The molecule has 0 aliphatic rings. The summed E-state index contributed by atoms with van der Waals surface area (Å²) in [5, 5.41) is 0. The van der Waals surface area contributed by atoms with E-state index in [9.17, 15) is 0 Å². The molecule has 76 valence electrons. The van der Waals surface area contributed by atoms with Crippen LogP contribution < -0.4 is 5.73 Å². The fourth-order valence-corrected chi connectivity index (χ4v) is 1.60. The number of hydrogen-bond donors (Lipinski definition) is 1. The summed E-state index contributed by atoms with van der Waals surface area (Å²) in [6.07, 6.45) is 0.845. The average molecular weight is 198 g/mol. The Morgan fingerprint density at radius 2 is 1.87 bits per heavy atom. The van der Waals surface area contributed by atoms with Crippen molar-refractivity contribution < 1.29 is 0 Å². The molecule has 0 unspecified atom stereocenters. The Labute approximate surface area is 89.8 Å². The van der Waals surface area contributed by atoms with E-state index >= 15 is 0 Å². The van der Waals surface area contributed by atoms with Crippen LogP contribution in [0, 0.1) is 6.92 Å². The molecular weight excluding hydrogens is 184 g/mol. The number of aromatic nitrogens is 1. The lowest BCUT2D eigenvalue weighted by Crippen LogP contribution is -1.97. The lowest BCUT2D eigenvalue weighted by atomic mass is 10.0. The Morgan fingerprint density at radius 3 is 2.60 bits per heavy atom. The number of rotatable bonds is 2. The van der Waals surface area contributed by atoms with Crippen molar-refractivity contribution in [3.63, 3.8) is 0 Å². The van der Waals surface area contributed by atoms with Gasteiger partial charge in [0.05, 0.1) is 0 Å². The standard InChI is InChI=1S/C13H14N2/c1-10-5-2-3-6-11(10)9-12-7-4-8-13(14)15-12/h2-8H,9H2,1H3,(H2,14,15). The molecule has 1 heterocycles. The second-order valence-corrected chi connectivity index (χ2v) is 3.66. The van der Waals surface area contributed by atoms with Gasteiger partial charge in [-0.1, -0.05) is 30.3 Å². The van der Waals surface area contributed by atoms with Crippen LogP contribution in [0.2, 0.25) is 0 Å². The molecule has 0 saturated carbocycles. The molecule has 0 atom stereocenters. The molecule has 2 N–H and O–H groups in total. The lowest BCUT2D eigenvalue weighted by Gasteiger charge is -2.05. The number of aryl methyl sites for hydroxylation is 1. The van der Waals surface area contributed by atoms with Gasteiger partial charge in [-0.25, -0.2) is 4.98 Å². The van der Waals surface area contributed by atoms with E-state index in [1.807, 2.05) is 18.2 Å². The summed E-state index contributed by atoms with van der Waals surface area (Å²) < 4.78 is 0. The van der Waals surface area contributed by atoms with Gasteiger partial charge in [0.15, 0.2) is 0 Å². The molecule has 0 amide bonds. The smallest absolute Gasteiger partial charge is 0.123 e. The quantitative estimate of drug-likeness (QED) is 0.805. The summed E-state index contributed by atoms with van der Waals surface area (Å²) in [6, 6.07) is 14.1.